The summed E-state index contributed by atoms with van der Waals surface area (Å²) in [7, 11) is 0. The van der Waals surface area contributed by atoms with Gasteiger partial charge < -0.3 is 5.32 Å². The highest BCUT2D eigenvalue weighted by atomic mass is 32.1. The molecule has 1 heterocycles. The third kappa shape index (κ3) is 3.14. The molecule has 1 aromatic carbocycles. The van der Waals surface area contributed by atoms with E-state index in [-0.39, 0.29) is 0 Å². The smallest absolute Gasteiger partial charge is 0.0846 e. The van der Waals surface area contributed by atoms with Crippen LogP contribution in [0.1, 0.15) is 24.3 Å². The first-order valence-electron chi connectivity index (χ1n) is 5.92. The fraction of sp³-hybridized carbons (Fsp3) is 0.357. The van der Waals surface area contributed by atoms with Crippen molar-refractivity contribution in [3.05, 3.63) is 40.8 Å². The van der Waals surface area contributed by atoms with Crippen LogP contribution in [0, 0.1) is 6.92 Å². The molecule has 2 rings (SSSR count). The van der Waals surface area contributed by atoms with Gasteiger partial charge in [-0.3, -0.25) is 0 Å². The van der Waals surface area contributed by atoms with Gasteiger partial charge in [-0.2, -0.15) is 4.37 Å². The van der Waals surface area contributed by atoms with E-state index >= 15 is 0 Å². The lowest BCUT2D eigenvalue weighted by Gasteiger charge is -2.04. The molecule has 0 bridgehead atoms. The van der Waals surface area contributed by atoms with Gasteiger partial charge in [-0.1, -0.05) is 38.1 Å². The number of benzene rings is 1. The Balaban J connectivity index is 2.16. The van der Waals surface area contributed by atoms with E-state index in [1.165, 1.54) is 16.0 Å². The highest BCUT2D eigenvalue weighted by Gasteiger charge is 2.06. The Morgan fingerprint density at radius 2 is 2.06 bits per heavy atom. The molecule has 2 aromatic rings. The number of aryl methyl sites for hydroxylation is 1. The van der Waals surface area contributed by atoms with Gasteiger partial charge in [0.15, 0.2) is 0 Å². The third-order valence-electron chi connectivity index (χ3n) is 2.66. The Labute approximate surface area is 107 Å². The molecular weight excluding hydrogens is 228 g/mol. The monoisotopic (exact) mass is 246 g/mol. The zero-order valence-corrected chi connectivity index (χ0v) is 11.3. The molecule has 17 heavy (non-hydrogen) atoms. The van der Waals surface area contributed by atoms with Crippen molar-refractivity contribution in [3.63, 3.8) is 0 Å². The van der Waals surface area contributed by atoms with Crippen molar-refractivity contribution in [3.8, 4) is 11.3 Å². The Kier molecular flexibility index (Phi) is 3.92. The lowest BCUT2D eigenvalue weighted by molar-refractivity contribution is 0.593. The van der Waals surface area contributed by atoms with Gasteiger partial charge in [0.25, 0.3) is 0 Å². The Bertz CT molecular complexity index is 488. The molecule has 0 saturated heterocycles. The molecule has 0 aliphatic heterocycles. The van der Waals surface area contributed by atoms with E-state index in [1.807, 2.05) is 0 Å². The summed E-state index contributed by atoms with van der Waals surface area (Å²) < 4.78 is 4.53. The van der Waals surface area contributed by atoms with E-state index in [4.69, 9.17) is 0 Å². The molecule has 0 atom stereocenters. The van der Waals surface area contributed by atoms with Crippen molar-refractivity contribution in [2.75, 3.05) is 0 Å². The van der Waals surface area contributed by atoms with Crippen molar-refractivity contribution >= 4 is 11.5 Å². The molecule has 2 nitrogen and oxygen atoms in total. The summed E-state index contributed by atoms with van der Waals surface area (Å²) in [5.41, 5.74) is 3.61. The Morgan fingerprint density at radius 3 is 2.76 bits per heavy atom. The number of nitrogens with one attached hydrogen (secondary N) is 1. The van der Waals surface area contributed by atoms with Crippen molar-refractivity contribution < 1.29 is 0 Å². The maximum atomic E-state index is 4.53. The second-order valence-electron chi connectivity index (χ2n) is 4.53. The molecule has 3 heteroatoms. The average molecular weight is 246 g/mol. The summed E-state index contributed by atoms with van der Waals surface area (Å²) in [4.78, 5) is 1.29. The van der Waals surface area contributed by atoms with Crippen LogP contribution in [0.4, 0.5) is 0 Å². The predicted molar refractivity (Wildman–Crippen MR) is 74.3 cm³/mol. The molecule has 0 unspecified atom stereocenters. The number of nitrogens with zero attached hydrogens (tertiary/aromatic N) is 1. The molecule has 0 aliphatic rings. The molecule has 0 fully saturated rings. The SMILES string of the molecule is Cc1ccccc1-c1cc(CNC(C)C)sn1. The van der Waals surface area contributed by atoms with E-state index in [1.54, 1.807) is 11.5 Å². The standard InChI is InChI=1S/C14H18N2S/c1-10(2)15-9-12-8-14(16-17-12)13-7-5-4-6-11(13)3/h4-8,10,15H,9H2,1-3H3. The molecule has 0 amide bonds. The number of aromatic nitrogens is 1. The summed E-state index contributed by atoms with van der Waals surface area (Å²) in [5.74, 6) is 0. The highest BCUT2D eigenvalue weighted by molar-refractivity contribution is 7.06. The van der Waals surface area contributed by atoms with Crippen LogP contribution >= 0.6 is 11.5 Å². The van der Waals surface area contributed by atoms with E-state index in [9.17, 15) is 0 Å². The van der Waals surface area contributed by atoms with E-state index < -0.39 is 0 Å². The second-order valence-corrected chi connectivity index (χ2v) is 5.42. The topological polar surface area (TPSA) is 24.9 Å². The van der Waals surface area contributed by atoms with E-state index in [0.29, 0.717) is 6.04 Å². The molecule has 1 N–H and O–H groups in total. The van der Waals surface area contributed by atoms with Crippen LogP contribution in [0.2, 0.25) is 0 Å². The van der Waals surface area contributed by atoms with E-state index in [2.05, 4.69) is 60.8 Å². The average Bonchev–Trinajstić information content (AvgIpc) is 2.75. The summed E-state index contributed by atoms with van der Waals surface area (Å²) in [5, 5.41) is 3.41. The van der Waals surface area contributed by atoms with Gasteiger partial charge in [0, 0.05) is 23.0 Å². The largest absolute Gasteiger partial charge is 0.310 e. The minimum atomic E-state index is 0.513. The first-order valence-corrected chi connectivity index (χ1v) is 6.69. The maximum absolute atomic E-state index is 4.53. The van der Waals surface area contributed by atoms with Crippen LogP contribution in [0.5, 0.6) is 0 Å². The first-order chi connectivity index (χ1) is 8.16. The lowest BCUT2D eigenvalue weighted by atomic mass is 10.1. The fourth-order valence-electron chi connectivity index (χ4n) is 1.69. The van der Waals surface area contributed by atoms with Crippen molar-refractivity contribution in [2.45, 2.75) is 33.4 Å². The number of rotatable bonds is 4. The van der Waals surface area contributed by atoms with Crippen molar-refractivity contribution in [1.82, 2.24) is 9.69 Å². The van der Waals surface area contributed by atoms with Crippen LogP contribution < -0.4 is 5.32 Å². The zero-order valence-electron chi connectivity index (χ0n) is 10.5. The van der Waals surface area contributed by atoms with Crippen LogP contribution in [0.15, 0.2) is 30.3 Å². The first kappa shape index (κ1) is 12.3. The van der Waals surface area contributed by atoms with Crippen LogP contribution in [-0.4, -0.2) is 10.4 Å². The minimum absolute atomic E-state index is 0.513. The van der Waals surface area contributed by atoms with Gasteiger partial charge in [0.2, 0.25) is 0 Å². The van der Waals surface area contributed by atoms with Gasteiger partial charge in [-0.05, 0) is 30.1 Å². The molecule has 90 valence electrons. The van der Waals surface area contributed by atoms with Gasteiger partial charge in [0.05, 0.1) is 5.69 Å². The van der Waals surface area contributed by atoms with Gasteiger partial charge >= 0.3 is 0 Å². The van der Waals surface area contributed by atoms with Gasteiger partial charge in [-0.25, -0.2) is 0 Å². The zero-order chi connectivity index (χ0) is 12.3. The van der Waals surface area contributed by atoms with Crippen molar-refractivity contribution in [2.24, 2.45) is 0 Å². The molecule has 0 radical (unpaired) electrons. The minimum Gasteiger partial charge on any atom is -0.310 e. The second kappa shape index (κ2) is 5.43. The van der Waals surface area contributed by atoms with E-state index in [0.717, 1.165) is 12.2 Å². The highest BCUT2D eigenvalue weighted by Crippen LogP contribution is 2.24. The summed E-state index contributed by atoms with van der Waals surface area (Å²) in [6.07, 6.45) is 0. The fourth-order valence-corrected chi connectivity index (χ4v) is 2.37. The van der Waals surface area contributed by atoms with Crippen molar-refractivity contribution in [1.29, 1.82) is 0 Å². The molecule has 1 aromatic heterocycles. The lowest BCUT2D eigenvalue weighted by Crippen LogP contribution is -2.21. The van der Waals surface area contributed by atoms with Gasteiger partial charge in [-0.15, -0.1) is 0 Å². The predicted octanol–water partition coefficient (Wildman–Crippen LogP) is 3.62. The Morgan fingerprint density at radius 1 is 1.29 bits per heavy atom. The summed E-state index contributed by atoms with van der Waals surface area (Å²) in [6.45, 7) is 7.34. The quantitative estimate of drug-likeness (QED) is 0.891. The van der Waals surface area contributed by atoms with Crippen LogP contribution in [0.25, 0.3) is 11.3 Å². The molecular formula is C14H18N2S. The normalized spacial score (nSPS) is 11.1. The Hall–Kier alpha value is -1.19. The van der Waals surface area contributed by atoms with Gasteiger partial charge in [0.1, 0.15) is 0 Å². The third-order valence-corrected chi connectivity index (χ3v) is 3.45. The summed E-state index contributed by atoms with van der Waals surface area (Å²) in [6, 6.07) is 11.1. The molecule has 0 aliphatic carbocycles. The number of hydrogen-bond acceptors (Lipinski definition) is 3. The molecule has 0 spiro atoms. The van der Waals surface area contributed by atoms with Crippen LogP contribution in [-0.2, 0) is 6.54 Å². The molecule has 0 saturated carbocycles. The maximum Gasteiger partial charge on any atom is 0.0846 e. The summed E-state index contributed by atoms with van der Waals surface area (Å²) >= 11 is 1.58. The number of hydrogen-bond donors (Lipinski definition) is 1. The van der Waals surface area contributed by atoms with Crippen LogP contribution in [0.3, 0.4) is 0 Å².